The fourth-order valence-corrected chi connectivity index (χ4v) is 1.96. The maximum atomic E-state index is 4.23. The molecule has 0 saturated carbocycles. The van der Waals surface area contributed by atoms with Crippen LogP contribution < -0.4 is 5.32 Å². The molecule has 0 amide bonds. The molecule has 0 spiro atoms. The molecule has 1 N–H and O–H groups in total. The van der Waals surface area contributed by atoms with Gasteiger partial charge < -0.3 is 14.5 Å². The Bertz CT molecular complexity index is 516. The van der Waals surface area contributed by atoms with Crippen molar-refractivity contribution < 1.29 is 0 Å². The van der Waals surface area contributed by atoms with Gasteiger partial charge in [0, 0.05) is 50.0 Å². The SMILES string of the molecule is Cc1nccn1CCn1ccc(CNC(C)(C)C)c1. The minimum absolute atomic E-state index is 0.163. The second kappa shape index (κ2) is 5.61. The van der Waals surface area contributed by atoms with E-state index in [0.29, 0.717) is 0 Å². The monoisotopic (exact) mass is 260 g/mol. The first-order chi connectivity index (χ1) is 8.94. The predicted molar refractivity (Wildman–Crippen MR) is 78.0 cm³/mol. The van der Waals surface area contributed by atoms with Crippen molar-refractivity contribution in [2.45, 2.75) is 52.9 Å². The maximum Gasteiger partial charge on any atom is 0.105 e. The van der Waals surface area contributed by atoms with Crippen LogP contribution in [0.25, 0.3) is 0 Å². The van der Waals surface area contributed by atoms with E-state index in [2.05, 4.69) is 58.7 Å². The quantitative estimate of drug-likeness (QED) is 0.896. The van der Waals surface area contributed by atoms with Gasteiger partial charge in [0.05, 0.1) is 0 Å². The molecule has 0 bridgehead atoms. The van der Waals surface area contributed by atoms with Crippen molar-refractivity contribution in [3.05, 3.63) is 42.2 Å². The van der Waals surface area contributed by atoms with Gasteiger partial charge in [-0.25, -0.2) is 4.98 Å². The molecule has 0 radical (unpaired) electrons. The number of nitrogens with one attached hydrogen (secondary N) is 1. The van der Waals surface area contributed by atoms with Crippen LogP contribution in [0.5, 0.6) is 0 Å². The molecule has 4 heteroatoms. The topological polar surface area (TPSA) is 34.8 Å². The fraction of sp³-hybridized carbons (Fsp3) is 0.533. The highest BCUT2D eigenvalue weighted by molar-refractivity contribution is 5.10. The highest BCUT2D eigenvalue weighted by atomic mass is 15.1. The zero-order valence-corrected chi connectivity index (χ0v) is 12.3. The molecule has 0 atom stereocenters. The number of hydrogen-bond acceptors (Lipinski definition) is 2. The lowest BCUT2D eigenvalue weighted by Crippen LogP contribution is -2.34. The second-order valence-electron chi connectivity index (χ2n) is 6.03. The first-order valence-electron chi connectivity index (χ1n) is 6.81. The van der Waals surface area contributed by atoms with Gasteiger partial charge in [0.1, 0.15) is 5.82 Å². The lowest BCUT2D eigenvalue weighted by molar-refractivity contribution is 0.424. The summed E-state index contributed by atoms with van der Waals surface area (Å²) in [6.07, 6.45) is 8.24. The summed E-state index contributed by atoms with van der Waals surface area (Å²) >= 11 is 0. The van der Waals surface area contributed by atoms with Crippen molar-refractivity contribution >= 4 is 0 Å². The lowest BCUT2D eigenvalue weighted by Gasteiger charge is -2.19. The Kier molecular flexibility index (Phi) is 4.10. The molecule has 0 aromatic carbocycles. The summed E-state index contributed by atoms with van der Waals surface area (Å²) < 4.78 is 4.41. The number of aromatic nitrogens is 3. The van der Waals surface area contributed by atoms with Crippen molar-refractivity contribution in [1.82, 2.24) is 19.4 Å². The molecule has 2 aromatic rings. The van der Waals surface area contributed by atoms with Gasteiger partial charge in [0.15, 0.2) is 0 Å². The van der Waals surface area contributed by atoms with E-state index >= 15 is 0 Å². The van der Waals surface area contributed by atoms with Crippen LogP contribution in [-0.2, 0) is 19.6 Å². The fourth-order valence-electron chi connectivity index (χ4n) is 1.96. The Morgan fingerprint density at radius 3 is 2.63 bits per heavy atom. The molecular formula is C15H24N4. The first kappa shape index (κ1) is 13.9. The van der Waals surface area contributed by atoms with E-state index in [1.54, 1.807) is 0 Å². The highest BCUT2D eigenvalue weighted by Gasteiger charge is 2.08. The summed E-state index contributed by atoms with van der Waals surface area (Å²) in [4.78, 5) is 4.23. The van der Waals surface area contributed by atoms with Crippen LogP contribution in [0.2, 0.25) is 0 Å². The van der Waals surface area contributed by atoms with Crippen LogP contribution in [0, 0.1) is 6.92 Å². The van der Waals surface area contributed by atoms with Gasteiger partial charge in [-0.15, -0.1) is 0 Å². The zero-order chi connectivity index (χ0) is 13.9. The minimum Gasteiger partial charge on any atom is -0.352 e. The molecule has 2 aromatic heterocycles. The predicted octanol–water partition coefficient (Wildman–Crippen LogP) is 2.58. The molecule has 0 unspecified atom stereocenters. The van der Waals surface area contributed by atoms with E-state index < -0.39 is 0 Å². The van der Waals surface area contributed by atoms with Crippen molar-refractivity contribution in [2.24, 2.45) is 0 Å². The van der Waals surface area contributed by atoms with Crippen LogP contribution in [-0.4, -0.2) is 19.7 Å². The van der Waals surface area contributed by atoms with Gasteiger partial charge in [0.25, 0.3) is 0 Å². The summed E-state index contributed by atoms with van der Waals surface area (Å²) in [5.74, 6) is 1.07. The van der Waals surface area contributed by atoms with Gasteiger partial charge in [-0.05, 0) is 39.3 Å². The number of aryl methyl sites for hydroxylation is 3. The average molecular weight is 260 g/mol. The molecule has 0 fully saturated rings. The summed E-state index contributed by atoms with van der Waals surface area (Å²) in [6.45, 7) is 11.5. The Labute approximate surface area is 115 Å². The van der Waals surface area contributed by atoms with Gasteiger partial charge in [-0.2, -0.15) is 0 Å². The Morgan fingerprint density at radius 2 is 2.00 bits per heavy atom. The summed E-state index contributed by atoms with van der Waals surface area (Å²) in [7, 11) is 0. The van der Waals surface area contributed by atoms with E-state index in [-0.39, 0.29) is 5.54 Å². The summed E-state index contributed by atoms with van der Waals surface area (Å²) in [5.41, 5.74) is 1.49. The Hall–Kier alpha value is -1.55. The zero-order valence-electron chi connectivity index (χ0n) is 12.3. The Morgan fingerprint density at radius 1 is 1.21 bits per heavy atom. The number of imidazole rings is 1. The highest BCUT2D eigenvalue weighted by Crippen LogP contribution is 2.06. The van der Waals surface area contributed by atoms with Crippen LogP contribution >= 0.6 is 0 Å². The van der Waals surface area contributed by atoms with Gasteiger partial charge in [-0.3, -0.25) is 0 Å². The molecule has 0 saturated heterocycles. The number of hydrogen-bond donors (Lipinski definition) is 1. The molecule has 2 rings (SSSR count). The summed E-state index contributed by atoms with van der Waals surface area (Å²) in [6, 6.07) is 2.18. The van der Waals surface area contributed by atoms with Crippen molar-refractivity contribution in [1.29, 1.82) is 0 Å². The van der Waals surface area contributed by atoms with Gasteiger partial charge in [0.2, 0.25) is 0 Å². The number of nitrogens with zero attached hydrogens (tertiary/aromatic N) is 3. The molecular weight excluding hydrogens is 236 g/mol. The Balaban J connectivity index is 1.86. The van der Waals surface area contributed by atoms with Gasteiger partial charge >= 0.3 is 0 Å². The van der Waals surface area contributed by atoms with Crippen LogP contribution in [0.15, 0.2) is 30.9 Å². The third-order valence-corrected chi connectivity index (χ3v) is 3.16. The molecule has 0 aliphatic heterocycles. The molecule has 104 valence electrons. The molecule has 0 aliphatic carbocycles. The van der Waals surface area contributed by atoms with E-state index in [1.165, 1.54) is 5.56 Å². The van der Waals surface area contributed by atoms with E-state index in [9.17, 15) is 0 Å². The largest absolute Gasteiger partial charge is 0.352 e. The smallest absolute Gasteiger partial charge is 0.105 e. The van der Waals surface area contributed by atoms with E-state index in [4.69, 9.17) is 0 Å². The molecule has 2 heterocycles. The third-order valence-electron chi connectivity index (χ3n) is 3.16. The molecule has 0 aliphatic rings. The van der Waals surface area contributed by atoms with Crippen LogP contribution in [0.1, 0.15) is 32.2 Å². The normalized spacial score (nSPS) is 12.0. The third kappa shape index (κ3) is 4.24. The van der Waals surface area contributed by atoms with E-state index in [0.717, 1.165) is 25.5 Å². The van der Waals surface area contributed by atoms with E-state index in [1.807, 2.05) is 19.3 Å². The standard InChI is InChI=1S/C15H24N4/c1-13-16-6-8-19(13)10-9-18-7-5-14(12-18)11-17-15(2,3)4/h5-8,12,17H,9-11H2,1-4H3. The average Bonchev–Trinajstić information content (AvgIpc) is 2.92. The lowest BCUT2D eigenvalue weighted by atomic mass is 10.1. The first-order valence-corrected chi connectivity index (χ1v) is 6.81. The van der Waals surface area contributed by atoms with Crippen LogP contribution in [0.3, 0.4) is 0 Å². The molecule has 19 heavy (non-hydrogen) atoms. The second-order valence-corrected chi connectivity index (χ2v) is 6.03. The van der Waals surface area contributed by atoms with Crippen molar-refractivity contribution in [3.8, 4) is 0 Å². The minimum atomic E-state index is 0.163. The van der Waals surface area contributed by atoms with Gasteiger partial charge in [-0.1, -0.05) is 0 Å². The number of rotatable bonds is 5. The van der Waals surface area contributed by atoms with Crippen LogP contribution in [0.4, 0.5) is 0 Å². The maximum absolute atomic E-state index is 4.23. The van der Waals surface area contributed by atoms with Crippen molar-refractivity contribution in [3.63, 3.8) is 0 Å². The molecule has 4 nitrogen and oxygen atoms in total. The van der Waals surface area contributed by atoms with Crippen molar-refractivity contribution in [2.75, 3.05) is 0 Å². The summed E-state index contributed by atoms with van der Waals surface area (Å²) in [5, 5.41) is 3.50.